The minimum atomic E-state index is -0.749. The Balaban J connectivity index is 1.08. The van der Waals surface area contributed by atoms with Gasteiger partial charge in [-0.05, 0) is 89.5 Å². The number of carbonyl (C=O) groups is 4. The van der Waals surface area contributed by atoms with Gasteiger partial charge in [0, 0.05) is 17.6 Å². The largest absolute Gasteiger partial charge is 0.457 e. The Hall–Kier alpha value is -5.56. The number of ether oxygens (including phenoxy) is 2. The van der Waals surface area contributed by atoms with Gasteiger partial charge in [-0.1, -0.05) is 50.2 Å². The monoisotopic (exact) mass is 569 g/mol. The molecule has 1 aliphatic heterocycles. The van der Waals surface area contributed by atoms with Crippen molar-refractivity contribution in [2.45, 2.75) is 25.2 Å². The SMILES string of the molecule is CC(C)(c1ccc(Oc2ccc(C3C(=O)C=CC3=O)cc2)cc1)c1ccc(Oc2ccc(N3C(=O)C=CC3=O)cc2)cc1. The van der Waals surface area contributed by atoms with Crippen molar-refractivity contribution in [2.24, 2.45) is 0 Å². The molecule has 1 aliphatic carbocycles. The van der Waals surface area contributed by atoms with E-state index in [1.165, 1.54) is 24.3 Å². The van der Waals surface area contributed by atoms with Crippen molar-refractivity contribution in [3.63, 3.8) is 0 Å². The second-order valence-electron chi connectivity index (χ2n) is 10.9. The van der Waals surface area contributed by atoms with Gasteiger partial charge >= 0.3 is 0 Å². The van der Waals surface area contributed by atoms with Gasteiger partial charge in [0.15, 0.2) is 11.6 Å². The summed E-state index contributed by atoms with van der Waals surface area (Å²) >= 11 is 0. The van der Waals surface area contributed by atoms with E-state index in [1.807, 2.05) is 48.5 Å². The highest BCUT2D eigenvalue weighted by Crippen LogP contribution is 2.35. The van der Waals surface area contributed by atoms with Gasteiger partial charge in [0.2, 0.25) is 0 Å². The molecule has 43 heavy (non-hydrogen) atoms. The second-order valence-corrected chi connectivity index (χ2v) is 10.9. The quantitative estimate of drug-likeness (QED) is 0.171. The van der Waals surface area contributed by atoms with E-state index >= 15 is 0 Å². The molecule has 212 valence electrons. The molecule has 0 N–H and O–H groups in total. The number of allylic oxidation sites excluding steroid dienone is 2. The van der Waals surface area contributed by atoms with E-state index in [1.54, 1.807) is 48.5 Å². The molecule has 0 aromatic heterocycles. The molecule has 2 aliphatic rings. The minimum absolute atomic E-state index is 0.195. The van der Waals surface area contributed by atoms with Crippen molar-refractivity contribution >= 4 is 29.1 Å². The van der Waals surface area contributed by atoms with Crippen LogP contribution in [0, 0.1) is 0 Å². The summed E-state index contributed by atoms with van der Waals surface area (Å²) in [7, 11) is 0. The fourth-order valence-corrected chi connectivity index (χ4v) is 5.19. The molecule has 4 aromatic rings. The molecule has 1 heterocycles. The Morgan fingerprint density at radius 1 is 0.512 bits per heavy atom. The molecule has 2 amide bonds. The predicted molar refractivity (Wildman–Crippen MR) is 162 cm³/mol. The lowest BCUT2D eigenvalue weighted by atomic mass is 9.78. The Kier molecular flexibility index (Phi) is 7.08. The lowest BCUT2D eigenvalue weighted by Gasteiger charge is -2.26. The molecule has 0 atom stereocenters. The highest BCUT2D eigenvalue weighted by Gasteiger charge is 2.30. The highest BCUT2D eigenvalue weighted by atomic mass is 16.5. The maximum Gasteiger partial charge on any atom is 0.258 e. The summed E-state index contributed by atoms with van der Waals surface area (Å²) in [4.78, 5) is 48.8. The average molecular weight is 570 g/mol. The van der Waals surface area contributed by atoms with Crippen LogP contribution < -0.4 is 14.4 Å². The summed E-state index contributed by atoms with van der Waals surface area (Å²) in [5, 5.41) is 0. The minimum Gasteiger partial charge on any atom is -0.457 e. The average Bonchev–Trinajstić information content (AvgIpc) is 3.53. The zero-order valence-electron chi connectivity index (χ0n) is 23.5. The molecular weight excluding hydrogens is 542 g/mol. The van der Waals surface area contributed by atoms with E-state index in [4.69, 9.17) is 9.47 Å². The van der Waals surface area contributed by atoms with Crippen LogP contribution in [0.3, 0.4) is 0 Å². The molecule has 0 radical (unpaired) electrons. The standard InChI is InChI=1S/C36H27NO6/c1-36(2,24-5-13-28(14-6-24)42-27-11-3-23(4-12-27)35-31(38)19-20-32(35)39)25-7-15-29(16-8-25)43-30-17-9-26(10-18-30)37-33(40)21-22-34(37)41/h3-22,35H,1-2H3. The summed E-state index contributed by atoms with van der Waals surface area (Å²) in [5.41, 5.74) is 3.06. The topological polar surface area (TPSA) is 90.0 Å². The summed E-state index contributed by atoms with van der Waals surface area (Å²) in [6, 6.07) is 29.6. The van der Waals surface area contributed by atoms with Crippen LogP contribution in [-0.4, -0.2) is 23.4 Å². The van der Waals surface area contributed by atoms with Crippen LogP contribution in [0.15, 0.2) is 121 Å². The fraction of sp³-hybridized carbons (Fsp3) is 0.111. The normalized spacial score (nSPS) is 15.1. The third kappa shape index (κ3) is 5.53. The molecule has 0 unspecified atom stereocenters. The number of amides is 2. The number of benzene rings is 4. The van der Waals surface area contributed by atoms with E-state index in [2.05, 4.69) is 13.8 Å². The van der Waals surface area contributed by atoms with Gasteiger partial charge in [-0.2, -0.15) is 0 Å². The van der Waals surface area contributed by atoms with Crippen molar-refractivity contribution in [3.05, 3.63) is 138 Å². The van der Waals surface area contributed by atoms with Crippen LogP contribution in [-0.2, 0) is 24.6 Å². The maximum atomic E-state index is 12.0. The molecule has 0 saturated heterocycles. The number of imide groups is 1. The van der Waals surface area contributed by atoms with Crippen molar-refractivity contribution in [3.8, 4) is 23.0 Å². The molecular formula is C36H27NO6. The number of ketones is 2. The summed E-state index contributed by atoms with van der Waals surface area (Å²) in [5.74, 6) is 0.676. The van der Waals surface area contributed by atoms with E-state index in [9.17, 15) is 19.2 Å². The molecule has 4 aromatic carbocycles. The van der Waals surface area contributed by atoms with Crippen LogP contribution in [0.25, 0.3) is 0 Å². The van der Waals surface area contributed by atoms with E-state index in [0.29, 0.717) is 34.2 Å². The molecule has 0 saturated carbocycles. The van der Waals surface area contributed by atoms with Gasteiger partial charge < -0.3 is 9.47 Å². The van der Waals surface area contributed by atoms with Gasteiger partial charge in [-0.25, -0.2) is 4.90 Å². The van der Waals surface area contributed by atoms with Crippen LogP contribution in [0.2, 0.25) is 0 Å². The first-order valence-corrected chi connectivity index (χ1v) is 13.8. The summed E-state index contributed by atoms with van der Waals surface area (Å²) in [6.07, 6.45) is 5.16. The second kappa shape index (κ2) is 11.0. The van der Waals surface area contributed by atoms with Crippen LogP contribution >= 0.6 is 0 Å². The molecule has 6 rings (SSSR count). The van der Waals surface area contributed by atoms with Gasteiger partial charge in [0.1, 0.15) is 28.9 Å². The van der Waals surface area contributed by atoms with Crippen LogP contribution in [0.5, 0.6) is 23.0 Å². The number of hydrogen-bond donors (Lipinski definition) is 0. The molecule has 7 nitrogen and oxygen atoms in total. The lowest BCUT2D eigenvalue weighted by molar-refractivity contribution is -0.123. The maximum absolute atomic E-state index is 12.0. The third-order valence-corrected chi connectivity index (χ3v) is 7.72. The zero-order valence-corrected chi connectivity index (χ0v) is 23.5. The van der Waals surface area contributed by atoms with Crippen molar-refractivity contribution < 1.29 is 28.7 Å². The van der Waals surface area contributed by atoms with Gasteiger partial charge in [-0.15, -0.1) is 0 Å². The highest BCUT2D eigenvalue weighted by molar-refractivity contribution is 6.28. The number of anilines is 1. The molecule has 7 heteroatoms. The molecule has 0 bridgehead atoms. The Morgan fingerprint density at radius 2 is 0.884 bits per heavy atom. The van der Waals surface area contributed by atoms with Crippen LogP contribution in [0.4, 0.5) is 5.69 Å². The van der Waals surface area contributed by atoms with E-state index in [0.717, 1.165) is 16.0 Å². The number of carbonyl (C=O) groups excluding carboxylic acids is 4. The Morgan fingerprint density at radius 3 is 1.30 bits per heavy atom. The first kappa shape index (κ1) is 27.6. The van der Waals surface area contributed by atoms with Crippen LogP contribution in [0.1, 0.15) is 36.5 Å². The zero-order chi connectivity index (χ0) is 30.1. The Bertz CT molecular complexity index is 1610. The fourth-order valence-electron chi connectivity index (χ4n) is 5.19. The number of hydrogen-bond acceptors (Lipinski definition) is 6. The third-order valence-electron chi connectivity index (χ3n) is 7.72. The Labute approximate surface area is 248 Å². The predicted octanol–water partition coefficient (Wildman–Crippen LogP) is 6.82. The summed E-state index contributed by atoms with van der Waals surface area (Å²) in [6.45, 7) is 4.29. The smallest absolute Gasteiger partial charge is 0.258 e. The van der Waals surface area contributed by atoms with Gasteiger partial charge in [0.25, 0.3) is 11.8 Å². The van der Waals surface area contributed by atoms with Crippen molar-refractivity contribution in [1.29, 1.82) is 0 Å². The van der Waals surface area contributed by atoms with E-state index in [-0.39, 0.29) is 28.8 Å². The first-order valence-electron chi connectivity index (χ1n) is 13.8. The molecule has 0 fully saturated rings. The first-order chi connectivity index (χ1) is 20.7. The van der Waals surface area contributed by atoms with Crippen molar-refractivity contribution in [1.82, 2.24) is 0 Å². The summed E-state index contributed by atoms with van der Waals surface area (Å²) < 4.78 is 12.0. The number of nitrogens with zero attached hydrogens (tertiary/aromatic N) is 1. The van der Waals surface area contributed by atoms with E-state index < -0.39 is 5.92 Å². The van der Waals surface area contributed by atoms with Gasteiger partial charge in [0.05, 0.1) is 5.69 Å². The van der Waals surface area contributed by atoms with Crippen molar-refractivity contribution in [2.75, 3.05) is 4.90 Å². The molecule has 0 spiro atoms. The lowest BCUT2D eigenvalue weighted by Crippen LogP contribution is -2.29. The van der Waals surface area contributed by atoms with Gasteiger partial charge in [-0.3, -0.25) is 19.2 Å². The number of rotatable bonds is 8.